The molecule has 0 saturated carbocycles. The van der Waals surface area contributed by atoms with Crippen LogP contribution >= 0.6 is 0 Å². The third-order valence-electron chi connectivity index (χ3n) is 4.56. The molecule has 0 saturated heterocycles. The number of ether oxygens (including phenoxy) is 1. The minimum atomic E-state index is -0.348. The quantitative estimate of drug-likeness (QED) is 0.514. The lowest BCUT2D eigenvalue weighted by atomic mass is 10.1. The number of methoxy groups -OCH3 is 1. The van der Waals surface area contributed by atoms with Gasteiger partial charge in [-0.15, -0.1) is 0 Å². The van der Waals surface area contributed by atoms with E-state index >= 15 is 0 Å². The molecule has 150 valence electrons. The lowest BCUT2D eigenvalue weighted by Gasteiger charge is -2.10. The standard InChI is InChI=1S/C23H18FN3O3/c1-29-20-9-5-2-6-16(20)14-25-22(28)18-7-3-4-8-19(18)23-26-21(27-30-23)15-10-12-17(24)13-11-15/h2-13H,14H2,1H3,(H,25,28). The van der Waals surface area contributed by atoms with Crippen molar-refractivity contribution in [3.63, 3.8) is 0 Å². The maximum atomic E-state index is 13.1. The van der Waals surface area contributed by atoms with Gasteiger partial charge in [-0.2, -0.15) is 4.98 Å². The number of aromatic nitrogens is 2. The van der Waals surface area contributed by atoms with Gasteiger partial charge in [0.1, 0.15) is 11.6 Å². The van der Waals surface area contributed by atoms with Gasteiger partial charge in [-0.05, 0) is 42.5 Å². The Bertz CT molecular complexity index is 1170. The summed E-state index contributed by atoms with van der Waals surface area (Å²) in [5.74, 6) is 0.594. The fourth-order valence-corrected chi connectivity index (χ4v) is 3.04. The number of carbonyl (C=O) groups is 1. The van der Waals surface area contributed by atoms with Crippen LogP contribution in [0.4, 0.5) is 4.39 Å². The van der Waals surface area contributed by atoms with Crippen LogP contribution in [0, 0.1) is 5.82 Å². The van der Waals surface area contributed by atoms with Crippen molar-refractivity contribution in [2.24, 2.45) is 0 Å². The first-order valence-electron chi connectivity index (χ1n) is 9.25. The Morgan fingerprint density at radius 3 is 2.57 bits per heavy atom. The Hall–Kier alpha value is -4.00. The minimum Gasteiger partial charge on any atom is -0.496 e. The predicted octanol–water partition coefficient (Wildman–Crippen LogP) is 4.48. The molecule has 3 aromatic carbocycles. The summed E-state index contributed by atoms with van der Waals surface area (Å²) < 4.78 is 23.8. The van der Waals surface area contributed by atoms with E-state index in [1.165, 1.54) is 12.1 Å². The fourth-order valence-electron chi connectivity index (χ4n) is 3.04. The Balaban J connectivity index is 1.57. The molecule has 0 radical (unpaired) electrons. The van der Waals surface area contributed by atoms with Crippen molar-refractivity contribution >= 4 is 5.91 Å². The Morgan fingerprint density at radius 1 is 1.03 bits per heavy atom. The second-order valence-electron chi connectivity index (χ2n) is 6.47. The summed E-state index contributed by atoms with van der Waals surface area (Å²) in [5, 5.41) is 6.85. The second-order valence-corrected chi connectivity index (χ2v) is 6.47. The van der Waals surface area contributed by atoms with E-state index in [4.69, 9.17) is 9.26 Å². The highest BCUT2D eigenvalue weighted by Crippen LogP contribution is 2.25. The van der Waals surface area contributed by atoms with Gasteiger partial charge in [-0.25, -0.2) is 4.39 Å². The molecule has 1 N–H and O–H groups in total. The van der Waals surface area contributed by atoms with E-state index in [9.17, 15) is 9.18 Å². The van der Waals surface area contributed by atoms with E-state index in [1.807, 2.05) is 24.3 Å². The van der Waals surface area contributed by atoms with Gasteiger partial charge >= 0.3 is 0 Å². The van der Waals surface area contributed by atoms with Crippen molar-refractivity contribution in [3.8, 4) is 28.6 Å². The van der Waals surface area contributed by atoms with Crippen LogP contribution < -0.4 is 10.1 Å². The van der Waals surface area contributed by atoms with E-state index in [1.54, 1.807) is 43.5 Å². The normalized spacial score (nSPS) is 10.6. The smallest absolute Gasteiger partial charge is 0.259 e. The molecular weight excluding hydrogens is 385 g/mol. The number of nitrogens with one attached hydrogen (secondary N) is 1. The predicted molar refractivity (Wildman–Crippen MR) is 109 cm³/mol. The zero-order valence-corrected chi connectivity index (χ0v) is 16.1. The summed E-state index contributed by atoms with van der Waals surface area (Å²) in [6, 6.07) is 20.2. The summed E-state index contributed by atoms with van der Waals surface area (Å²) >= 11 is 0. The van der Waals surface area contributed by atoms with Crippen LogP contribution in [0.25, 0.3) is 22.8 Å². The van der Waals surface area contributed by atoms with Crippen molar-refractivity contribution in [1.29, 1.82) is 0 Å². The van der Waals surface area contributed by atoms with E-state index in [2.05, 4.69) is 15.5 Å². The SMILES string of the molecule is COc1ccccc1CNC(=O)c1ccccc1-c1nc(-c2ccc(F)cc2)no1. The van der Waals surface area contributed by atoms with Crippen molar-refractivity contribution in [2.75, 3.05) is 7.11 Å². The number of carbonyl (C=O) groups excluding carboxylic acids is 1. The molecule has 0 fully saturated rings. The molecule has 1 aromatic heterocycles. The molecule has 0 bridgehead atoms. The van der Waals surface area contributed by atoms with Crippen LogP contribution in [0.1, 0.15) is 15.9 Å². The van der Waals surface area contributed by atoms with Gasteiger partial charge in [-0.1, -0.05) is 35.5 Å². The summed E-state index contributed by atoms with van der Waals surface area (Å²) in [6.45, 7) is 0.307. The summed E-state index contributed by atoms with van der Waals surface area (Å²) in [6.07, 6.45) is 0. The van der Waals surface area contributed by atoms with Crippen molar-refractivity contribution < 1.29 is 18.4 Å². The number of benzene rings is 3. The highest BCUT2D eigenvalue weighted by atomic mass is 19.1. The fraction of sp³-hybridized carbons (Fsp3) is 0.0870. The molecule has 1 heterocycles. The molecule has 1 amide bonds. The number of hydrogen-bond donors (Lipinski definition) is 1. The third kappa shape index (κ3) is 4.05. The molecule has 0 spiro atoms. The summed E-state index contributed by atoms with van der Waals surface area (Å²) in [4.78, 5) is 17.2. The molecule has 30 heavy (non-hydrogen) atoms. The van der Waals surface area contributed by atoms with E-state index < -0.39 is 0 Å². The zero-order valence-electron chi connectivity index (χ0n) is 16.1. The molecule has 0 unspecified atom stereocenters. The van der Waals surface area contributed by atoms with Gasteiger partial charge in [-0.3, -0.25) is 4.79 Å². The Kier molecular flexibility index (Phi) is 5.52. The lowest BCUT2D eigenvalue weighted by Crippen LogP contribution is -2.23. The summed E-state index contributed by atoms with van der Waals surface area (Å²) in [7, 11) is 1.59. The van der Waals surface area contributed by atoms with Crippen LogP contribution in [0.2, 0.25) is 0 Å². The first-order chi connectivity index (χ1) is 14.7. The van der Waals surface area contributed by atoms with Crippen molar-refractivity contribution in [2.45, 2.75) is 6.54 Å². The largest absolute Gasteiger partial charge is 0.496 e. The number of nitrogens with zero attached hydrogens (tertiary/aromatic N) is 2. The number of rotatable bonds is 6. The van der Waals surface area contributed by atoms with Gasteiger partial charge in [0, 0.05) is 17.7 Å². The number of halogens is 1. The Labute approximate surface area is 172 Å². The monoisotopic (exact) mass is 403 g/mol. The molecule has 0 aliphatic rings. The molecule has 4 aromatic rings. The van der Waals surface area contributed by atoms with Crippen molar-refractivity contribution in [3.05, 3.63) is 89.7 Å². The van der Waals surface area contributed by atoms with E-state index in [0.29, 0.717) is 34.8 Å². The highest BCUT2D eigenvalue weighted by molar-refractivity contribution is 6.00. The maximum Gasteiger partial charge on any atom is 0.259 e. The molecular formula is C23H18FN3O3. The third-order valence-corrected chi connectivity index (χ3v) is 4.56. The summed E-state index contributed by atoms with van der Waals surface area (Å²) in [5.41, 5.74) is 2.39. The van der Waals surface area contributed by atoms with Crippen LogP contribution in [0.3, 0.4) is 0 Å². The van der Waals surface area contributed by atoms with Crippen LogP contribution in [-0.2, 0) is 6.54 Å². The highest BCUT2D eigenvalue weighted by Gasteiger charge is 2.18. The van der Waals surface area contributed by atoms with Crippen LogP contribution in [0.15, 0.2) is 77.3 Å². The average molecular weight is 403 g/mol. The van der Waals surface area contributed by atoms with E-state index in [-0.39, 0.29) is 17.6 Å². The first kappa shape index (κ1) is 19.3. The molecule has 6 nitrogen and oxygen atoms in total. The molecule has 0 aliphatic carbocycles. The topological polar surface area (TPSA) is 77.2 Å². The Morgan fingerprint density at radius 2 is 1.77 bits per heavy atom. The number of amides is 1. The zero-order chi connectivity index (χ0) is 20.9. The van der Waals surface area contributed by atoms with Crippen LogP contribution in [-0.4, -0.2) is 23.2 Å². The first-order valence-corrected chi connectivity index (χ1v) is 9.25. The molecule has 0 atom stereocenters. The van der Waals surface area contributed by atoms with E-state index in [0.717, 1.165) is 5.56 Å². The van der Waals surface area contributed by atoms with Crippen LogP contribution in [0.5, 0.6) is 5.75 Å². The number of hydrogen-bond acceptors (Lipinski definition) is 5. The minimum absolute atomic E-state index is 0.206. The maximum absolute atomic E-state index is 13.1. The second kappa shape index (κ2) is 8.57. The van der Waals surface area contributed by atoms with Crippen molar-refractivity contribution in [1.82, 2.24) is 15.5 Å². The van der Waals surface area contributed by atoms with Gasteiger partial charge in [0.2, 0.25) is 5.82 Å². The molecule has 7 heteroatoms. The van der Waals surface area contributed by atoms with Gasteiger partial charge < -0.3 is 14.6 Å². The average Bonchev–Trinajstić information content (AvgIpc) is 3.28. The molecule has 0 aliphatic heterocycles. The van der Waals surface area contributed by atoms with Gasteiger partial charge in [0.15, 0.2) is 0 Å². The number of para-hydroxylation sites is 1. The van der Waals surface area contributed by atoms with Gasteiger partial charge in [0.05, 0.1) is 18.2 Å². The van der Waals surface area contributed by atoms with Gasteiger partial charge in [0.25, 0.3) is 11.8 Å². The lowest BCUT2D eigenvalue weighted by molar-refractivity contribution is 0.0951. The molecule has 4 rings (SSSR count).